The summed E-state index contributed by atoms with van der Waals surface area (Å²) in [6, 6.07) is 10.0. The fourth-order valence-corrected chi connectivity index (χ4v) is 1.62. The first-order valence-corrected chi connectivity index (χ1v) is 5.01. The van der Waals surface area contributed by atoms with Crippen LogP contribution in [0.5, 0.6) is 0 Å². The molecule has 0 aliphatic rings. The molecule has 2 nitrogen and oxygen atoms in total. The maximum absolute atomic E-state index is 5.75. The molecule has 1 aromatic carbocycles. The summed E-state index contributed by atoms with van der Waals surface area (Å²) in [4.78, 5) is 7.63. The average Bonchev–Trinajstić information content (AvgIpc) is 2.61. The van der Waals surface area contributed by atoms with E-state index >= 15 is 0 Å². The van der Waals surface area contributed by atoms with Crippen LogP contribution in [0.1, 0.15) is 11.4 Å². The number of aromatic amines is 1. The number of aryl methyl sites for hydroxylation is 1. The van der Waals surface area contributed by atoms with Gasteiger partial charge in [-0.2, -0.15) is 0 Å². The van der Waals surface area contributed by atoms with E-state index in [2.05, 4.69) is 9.97 Å². The molecule has 0 aliphatic heterocycles. The van der Waals surface area contributed by atoms with E-state index in [-0.39, 0.29) is 12.4 Å². The normalized spacial score (nSPS) is 9.73. The number of nitrogens with one attached hydrogen (secondary N) is 1. The summed E-state index contributed by atoms with van der Waals surface area (Å²) in [6.45, 7) is 1.98. The molecule has 4 heteroatoms. The Balaban J connectivity index is 0.00000112. The quantitative estimate of drug-likeness (QED) is 0.803. The van der Waals surface area contributed by atoms with Crippen molar-refractivity contribution in [2.45, 2.75) is 12.8 Å². The summed E-state index contributed by atoms with van der Waals surface area (Å²) in [7, 11) is 0. The first-order valence-electron chi connectivity index (χ1n) is 4.48. The van der Waals surface area contributed by atoms with Crippen molar-refractivity contribution in [1.82, 2.24) is 9.97 Å². The van der Waals surface area contributed by atoms with E-state index < -0.39 is 0 Å². The number of imidazole rings is 1. The van der Waals surface area contributed by atoms with Gasteiger partial charge in [-0.05, 0) is 6.92 Å². The van der Waals surface area contributed by atoms with E-state index in [1.54, 1.807) is 0 Å². The zero-order valence-electron chi connectivity index (χ0n) is 8.33. The number of benzene rings is 1. The van der Waals surface area contributed by atoms with Gasteiger partial charge in [-0.25, -0.2) is 4.98 Å². The minimum atomic E-state index is 0. The number of alkyl halides is 1. The van der Waals surface area contributed by atoms with Crippen LogP contribution in [0.25, 0.3) is 11.4 Å². The van der Waals surface area contributed by atoms with Gasteiger partial charge in [0, 0.05) is 11.3 Å². The standard InChI is InChI=1S/C11H11ClN2.ClH/c1-8-10(7-12)14-11(13-8)9-5-3-2-4-6-9;/h2-6H,7H2,1H3,(H,13,14);1H. The molecule has 1 heterocycles. The van der Waals surface area contributed by atoms with Crippen molar-refractivity contribution in [1.29, 1.82) is 0 Å². The van der Waals surface area contributed by atoms with Crippen LogP contribution in [0.3, 0.4) is 0 Å². The fourth-order valence-electron chi connectivity index (χ4n) is 1.36. The summed E-state index contributed by atoms with van der Waals surface area (Å²) in [5, 5.41) is 0. The highest BCUT2D eigenvalue weighted by Crippen LogP contribution is 2.18. The van der Waals surface area contributed by atoms with Crippen LogP contribution in [-0.4, -0.2) is 9.97 Å². The molecule has 1 aromatic heterocycles. The van der Waals surface area contributed by atoms with Crippen LogP contribution >= 0.6 is 24.0 Å². The predicted octanol–water partition coefficient (Wildman–Crippen LogP) is 3.55. The van der Waals surface area contributed by atoms with E-state index in [0.717, 1.165) is 22.8 Å². The molecule has 0 atom stereocenters. The Bertz CT molecular complexity index is 423. The number of halogens is 2. The van der Waals surface area contributed by atoms with Gasteiger partial charge in [0.25, 0.3) is 0 Å². The van der Waals surface area contributed by atoms with Crippen molar-refractivity contribution in [3.8, 4) is 11.4 Å². The summed E-state index contributed by atoms with van der Waals surface area (Å²) >= 11 is 5.75. The zero-order valence-corrected chi connectivity index (χ0v) is 9.90. The molecule has 2 rings (SSSR count). The molecule has 15 heavy (non-hydrogen) atoms. The highest BCUT2D eigenvalue weighted by atomic mass is 35.5. The highest BCUT2D eigenvalue weighted by Gasteiger charge is 2.06. The van der Waals surface area contributed by atoms with Crippen LogP contribution in [0.15, 0.2) is 30.3 Å². The minimum absolute atomic E-state index is 0. The second-order valence-corrected chi connectivity index (χ2v) is 3.42. The number of H-pyrrole nitrogens is 1. The first-order chi connectivity index (χ1) is 6.81. The molecular weight excluding hydrogens is 231 g/mol. The molecule has 0 aliphatic carbocycles. The van der Waals surface area contributed by atoms with Crippen molar-refractivity contribution < 1.29 is 0 Å². The Kier molecular flexibility index (Phi) is 4.18. The monoisotopic (exact) mass is 242 g/mol. The van der Waals surface area contributed by atoms with Gasteiger partial charge >= 0.3 is 0 Å². The van der Waals surface area contributed by atoms with Crippen LogP contribution in [-0.2, 0) is 5.88 Å². The summed E-state index contributed by atoms with van der Waals surface area (Å²) in [5.41, 5.74) is 3.05. The third kappa shape index (κ3) is 2.52. The Morgan fingerprint density at radius 3 is 2.47 bits per heavy atom. The molecule has 0 bridgehead atoms. The lowest BCUT2D eigenvalue weighted by Gasteiger charge is -1.93. The van der Waals surface area contributed by atoms with Gasteiger partial charge in [0.05, 0.1) is 11.6 Å². The third-order valence-electron chi connectivity index (χ3n) is 2.16. The molecule has 0 unspecified atom stereocenters. The lowest BCUT2D eigenvalue weighted by atomic mass is 10.2. The molecule has 0 saturated carbocycles. The number of nitrogens with zero attached hydrogens (tertiary/aromatic N) is 1. The lowest BCUT2D eigenvalue weighted by molar-refractivity contribution is 1.18. The first kappa shape index (κ1) is 12.1. The average molecular weight is 243 g/mol. The molecule has 80 valence electrons. The van der Waals surface area contributed by atoms with Crippen molar-refractivity contribution in [3.05, 3.63) is 41.7 Å². The van der Waals surface area contributed by atoms with Crippen LogP contribution in [0, 0.1) is 6.92 Å². The van der Waals surface area contributed by atoms with E-state index in [1.165, 1.54) is 0 Å². The topological polar surface area (TPSA) is 28.7 Å². The van der Waals surface area contributed by atoms with Gasteiger partial charge < -0.3 is 4.98 Å². The van der Waals surface area contributed by atoms with Crippen LogP contribution in [0.2, 0.25) is 0 Å². The Hall–Kier alpha value is -0.990. The van der Waals surface area contributed by atoms with Gasteiger partial charge in [0.1, 0.15) is 5.82 Å². The van der Waals surface area contributed by atoms with Crippen molar-refractivity contribution >= 4 is 24.0 Å². The summed E-state index contributed by atoms with van der Waals surface area (Å²) in [6.07, 6.45) is 0. The SMILES string of the molecule is Cc1[nH]c(-c2ccccc2)nc1CCl.Cl. The molecule has 0 fully saturated rings. The van der Waals surface area contributed by atoms with Crippen molar-refractivity contribution in [3.63, 3.8) is 0 Å². The number of hydrogen-bond donors (Lipinski definition) is 1. The van der Waals surface area contributed by atoms with E-state index in [4.69, 9.17) is 11.6 Å². The molecular formula is C11H12Cl2N2. The van der Waals surface area contributed by atoms with Gasteiger partial charge in [-0.1, -0.05) is 30.3 Å². The van der Waals surface area contributed by atoms with E-state index in [9.17, 15) is 0 Å². The summed E-state index contributed by atoms with van der Waals surface area (Å²) < 4.78 is 0. The van der Waals surface area contributed by atoms with Gasteiger partial charge in [-0.15, -0.1) is 24.0 Å². The molecule has 0 spiro atoms. The summed E-state index contributed by atoms with van der Waals surface area (Å²) in [5.74, 6) is 1.34. The second kappa shape index (κ2) is 5.19. The Labute approximate surface area is 100 Å². The maximum Gasteiger partial charge on any atom is 0.137 e. The smallest absolute Gasteiger partial charge is 0.137 e. The molecule has 0 radical (unpaired) electrons. The third-order valence-corrected chi connectivity index (χ3v) is 2.41. The number of rotatable bonds is 2. The van der Waals surface area contributed by atoms with E-state index in [0.29, 0.717) is 5.88 Å². The molecule has 2 aromatic rings. The molecule has 1 N–H and O–H groups in total. The van der Waals surface area contributed by atoms with Crippen molar-refractivity contribution in [2.75, 3.05) is 0 Å². The Morgan fingerprint density at radius 2 is 1.93 bits per heavy atom. The second-order valence-electron chi connectivity index (χ2n) is 3.16. The van der Waals surface area contributed by atoms with E-state index in [1.807, 2.05) is 37.3 Å². The van der Waals surface area contributed by atoms with Crippen LogP contribution in [0.4, 0.5) is 0 Å². The maximum atomic E-state index is 5.75. The lowest BCUT2D eigenvalue weighted by Crippen LogP contribution is -1.80. The number of aromatic nitrogens is 2. The Morgan fingerprint density at radius 1 is 1.27 bits per heavy atom. The molecule has 0 amide bonds. The molecule has 0 saturated heterocycles. The number of hydrogen-bond acceptors (Lipinski definition) is 1. The van der Waals surface area contributed by atoms with Crippen molar-refractivity contribution in [2.24, 2.45) is 0 Å². The van der Waals surface area contributed by atoms with Gasteiger partial charge in [-0.3, -0.25) is 0 Å². The fraction of sp³-hybridized carbons (Fsp3) is 0.182. The van der Waals surface area contributed by atoms with Crippen LogP contribution < -0.4 is 0 Å². The predicted molar refractivity (Wildman–Crippen MR) is 65.6 cm³/mol. The van der Waals surface area contributed by atoms with Gasteiger partial charge in [0.15, 0.2) is 0 Å². The zero-order chi connectivity index (χ0) is 9.97. The largest absolute Gasteiger partial charge is 0.342 e. The minimum Gasteiger partial charge on any atom is -0.342 e. The highest BCUT2D eigenvalue weighted by molar-refractivity contribution is 6.17. The van der Waals surface area contributed by atoms with Gasteiger partial charge in [0.2, 0.25) is 0 Å².